The summed E-state index contributed by atoms with van der Waals surface area (Å²) in [6.07, 6.45) is 3.83. The van der Waals surface area contributed by atoms with Gasteiger partial charge >= 0.3 is 0 Å². The maximum absolute atomic E-state index is 13.5. The van der Waals surface area contributed by atoms with Crippen molar-refractivity contribution in [3.05, 3.63) is 95.2 Å². The number of hydrogen-bond donors (Lipinski definition) is 2. The number of ether oxygens (including phenoxy) is 2. The van der Waals surface area contributed by atoms with Gasteiger partial charge in [0.1, 0.15) is 5.56 Å². The van der Waals surface area contributed by atoms with Crippen LogP contribution in [0.1, 0.15) is 66.6 Å². The predicted octanol–water partition coefficient (Wildman–Crippen LogP) is 7.87. The van der Waals surface area contributed by atoms with Crippen molar-refractivity contribution in [1.29, 1.82) is 0 Å². The van der Waals surface area contributed by atoms with E-state index < -0.39 is 0 Å². The number of carbonyl (C=O) groups is 1. The van der Waals surface area contributed by atoms with Crippen LogP contribution in [0.25, 0.3) is 0 Å². The second-order valence-electron chi connectivity index (χ2n) is 11.3. The second-order valence-corrected chi connectivity index (χ2v) is 11.3. The van der Waals surface area contributed by atoms with Crippen LogP contribution in [0.5, 0.6) is 17.4 Å². The normalized spacial score (nSPS) is 14.0. The first-order valence-electron chi connectivity index (χ1n) is 15.1. The van der Waals surface area contributed by atoms with E-state index in [0.717, 1.165) is 35.6 Å². The number of piperidine rings is 1. The average Bonchev–Trinajstić information content (AvgIpc) is 3.01. The van der Waals surface area contributed by atoms with E-state index >= 15 is 0 Å². The lowest BCUT2D eigenvalue weighted by atomic mass is 9.89. The van der Waals surface area contributed by atoms with Gasteiger partial charge in [-0.1, -0.05) is 42.5 Å². The molecule has 0 spiro atoms. The lowest BCUT2D eigenvalue weighted by Crippen LogP contribution is -2.37. The fourth-order valence-electron chi connectivity index (χ4n) is 5.48. The van der Waals surface area contributed by atoms with Crippen molar-refractivity contribution >= 4 is 23.2 Å². The van der Waals surface area contributed by atoms with Crippen molar-refractivity contribution in [1.82, 2.24) is 14.9 Å². The number of anilines is 3. The van der Waals surface area contributed by atoms with Crippen LogP contribution >= 0.6 is 0 Å². The van der Waals surface area contributed by atoms with Crippen LogP contribution in [0.3, 0.4) is 0 Å². The monoisotopic (exact) mass is 579 g/mol. The molecule has 3 aromatic carbocycles. The van der Waals surface area contributed by atoms with Crippen molar-refractivity contribution < 1.29 is 14.3 Å². The summed E-state index contributed by atoms with van der Waals surface area (Å²) in [6.45, 7) is 13.1. The first-order chi connectivity index (χ1) is 20.8. The van der Waals surface area contributed by atoms with E-state index in [1.165, 1.54) is 24.6 Å². The molecule has 4 aromatic rings. The molecule has 224 valence electrons. The Morgan fingerprint density at radius 1 is 0.953 bits per heavy atom. The third kappa shape index (κ3) is 7.32. The Bertz CT molecular complexity index is 1530. The highest BCUT2D eigenvalue weighted by Crippen LogP contribution is 2.34. The number of carbonyl (C=O) groups excluding carboxylic acids is 1. The molecule has 0 unspecified atom stereocenters. The van der Waals surface area contributed by atoms with Gasteiger partial charge in [-0.2, -0.15) is 4.98 Å². The van der Waals surface area contributed by atoms with Crippen LogP contribution in [0.4, 0.5) is 17.3 Å². The lowest BCUT2D eigenvalue weighted by Gasteiger charge is -2.34. The number of benzene rings is 3. The van der Waals surface area contributed by atoms with Crippen LogP contribution in [-0.4, -0.2) is 46.5 Å². The number of aromatic nitrogens is 2. The van der Waals surface area contributed by atoms with E-state index in [1.54, 1.807) is 6.07 Å². The lowest BCUT2D eigenvalue weighted by molar-refractivity contribution is 0.102. The van der Waals surface area contributed by atoms with Crippen molar-refractivity contribution in [2.75, 3.05) is 30.3 Å². The fourth-order valence-corrected chi connectivity index (χ4v) is 5.48. The minimum Gasteiger partial charge on any atom is -0.490 e. The standard InChI is InChI=1S/C35H41N5O3/c1-6-42-30-12-7-8-13-31(30)43-34-29(33(41)38-32-24(4)10-9-11-25(32)5)22-36-35(39-34)37-28-16-14-26(15-17-28)27-18-20-40(21-19-27)23(2)3/h7-17,22-23,27H,6,18-21H2,1-5H3,(H,38,41)(H,36,37,39). The second kappa shape index (κ2) is 13.7. The van der Waals surface area contributed by atoms with E-state index in [-0.39, 0.29) is 17.4 Å². The number of hydrogen-bond acceptors (Lipinski definition) is 7. The third-order valence-electron chi connectivity index (χ3n) is 7.97. The maximum Gasteiger partial charge on any atom is 0.262 e. The van der Waals surface area contributed by atoms with Crippen molar-refractivity contribution in [3.8, 4) is 17.4 Å². The largest absolute Gasteiger partial charge is 0.490 e. The molecule has 0 bridgehead atoms. The molecule has 43 heavy (non-hydrogen) atoms. The summed E-state index contributed by atoms with van der Waals surface area (Å²) >= 11 is 0. The third-order valence-corrected chi connectivity index (χ3v) is 7.97. The molecule has 8 nitrogen and oxygen atoms in total. The summed E-state index contributed by atoms with van der Waals surface area (Å²) in [4.78, 5) is 25.2. The number of nitrogens with zero attached hydrogens (tertiary/aromatic N) is 3. The Kier molecular flexibility index (Phi) is 9.57. The number of amides is 1. The number of para-hydroxylation sites is 3. The minimum atomic E-state index is -0.360. The summed E-state index contributed by atoms with van der Waals surface area (Å²) in [5.74, 6) is 1.69. The zero-order valence-electron chi connectivity index (χ0n) is 25.7. The molecule has 1 aliphatic rings. The summed E-state index contributed by atoms with van der Waals surface area (Å²) in [5, 5.41) is 6.31. The summed E-state index contributed by atoms with van der Waals surface area (Å²) in [6, 6.07) is 22.3. The minimum absolute atomic E-state index is 0.127. The summed E-state index contributed by atoms with van der Waals surface area (Å²) in [5.41, 5.74) is 5.10. The van der Waals surface area contributed by atoms with Gasteiger partial charge in [-0.05, 0) is 107 Å². The van der Waals surface area contributed by atoms with E-state index in [4.69, 9.17) is 9.47 Å². The van der Waals surface area contributed by atoms with Crippen molar-refractivity contribution in [3.63, 3.8) is 0 Å². The molecule has 1 aliphatic heterocycles. The van der Waals surface area contributed by atoms with Gasteiger partial charge in [0.2, 0.25) is 11.8 Å². The molecule has 1 saturated heterocycles. The van der Waals surface area contributed by atoms with Crippen LogP contribution in [-0.2, 0) is 0 Å². The van der Waals surface area contributed by atoms with Gasteiger partial charge in [-0.3, -0.25) is 4.79 Å². The first-order valence-corrected chi connectivity index (χ1v) is 15.1. The van der Waals surface area contributed by atoms with E-state index in [9.17, 15) is 4.79 Å². The van der Waals surface area contributed by atoms with Crippen molar-refractivity contribution in [2.24, 2.45) is 0 Å². The quantitative estimate of drug-likeness (QED) is 0.198. The molecule has 5 rings (SSSR count). The Hall–Kier alpha value is -4.43. The Morgan fingerprint density at radius 2 is 1.63 bits per heavy atom. The van der Waals surface area contributed by atoms with Gasteiger partial charge in [0.25, 0.3) is 5.91 Å². The fraction of sp³-hybridized carbons (Fsp3) is 0.343. The van der Waals surface area contributed by atoms with Crippen LogP contribution in [0.15, 0.2) is 72.9 Å². The molecule has 0 atom stereocenters. The highest BCUT2D eigenvalue weighted by atomic mass is 16.5. The van der Waals surface area contributed by atoms with Crippen molar-refractivity contribution in [2.45, 2.75) is 59.4 Å². The Labute approximate surface area is 254 Å². The smallest absolute Gasteiger partial charge is 0.262 e. The summed E-state index contributed by atoms with van der Waals surface area (Å²) < 4.78 is 12.0. The molecule has 1 amide bonds. The number of likely N-dealkylation sites (tertiary alicyclic amines) is 1. The van der Waals surface area contributed by atoms with E-state index in [1.807, 2.05) is 57.2 Å². The molecular weight excluding hydrogens is 538 g/mol. The van der Waals surface area contributed by atoms with Gasteiger partial charge in [0.15, 0.2) is 11.5 Å². The maximum atomic E-state index is 13.5. The molecule has 0 aliphatic carbocycles. The zero-order valence-corrected chi connectivity index (χ0v) is 25.7. The average molecular weight is 580 g/mol. The molecule has 2 N–H and O–H groups in total. The number of rotatable bonds is 10. The van der Waals surface area contributed by atoms with E-state index in [0.29, 0.717) is 36.0 Å². The summed E-state index contributed by atoms with van der Waals surface area (Å²) in [7, 11) is 0. The Balaban J connectivity index is 1.38. The highest BCUT2D eigenvalue weighted by molar-refractivity contribution is 6.06. The highest BCUT2D eigenvalue weighted by Gasteiger charge is 2.23. The zero-order chi connectivity index (χ0) is 30.3. The van der Waals surface area contributed by atoms with Gasteiger partial charge < -0.3 is 25.0 Å². The molecule has 0 saturated carbocycles. The molecule has 2 heterocycles. The van der Waals surface area contributed by atoms with Gasteiger partial charge in [0, 0.05) is 23.6 Å². The topological polar surface area (TPSA) is 88.6 Å². The van der Waals surface area contributed by atoms with Gasteiger partial charge in [0.05, 0.1) is 6.61 Å². The van der Waals surface area contributed by atoms with E-state index in [2.05, 4.69) is 63.6 Å². The number of aryl methyl sites for hydroxylation is 2. The van der Waals surface area contributed by atoms with Gasteiger partial charge in [-0.15, -0.1) is 0 Å². The molecule has 1 fully saturated rings. The van der Waals surface area contributed by atoms with Crippen LogP contribution in [0, 0.1) is 13.8 Å². The molecule has 1 aromatic heterocycles. The van der Waals surface area contributed by atoms with Crippen LogP contribution in [0.2, 0.25) is 0 Å². The molecule has 0 radical (unpaired) electrons. The number of nitrogens with one attached hydrogen (secondary N) is 2. The Morgan fingerprint density at radius 3 is 2.28 bits per heavy atom. The molecular formula is C35H41N5O3. The SMILES string of the molecule is CCOc1ccccc1Oc1nc(Nc2ccc(C3CCN(C(C)C)CC3)cc2)ncc1C(=O)Nc1c(C)cccc1C. The van der Waals surface area contributed by atoms with Gasteiger partial charge in [-0.25, -0.2) is 4.98 Å². The predicted molar refractivity (Wildman–Crippen MR) is 172 cm³/mol. The molecule has 8 heteroatoms. The van der Waals surface area contributed by atoms with Crippen LogP contribution < -0.4 is 20.1 Å². The first kappa shape index (κ1) is 30.0.